The van der Waals surface area contributed by atoms with Crippen molar-refractivity contribution in [3.63, 3.8) is 0 Å². The van der Waals surface area contributed by atoms with Crippen LogP contribution in [0.3, 0.4) is 0 Å². The van der Waals surface area contributed by atoms with Crippen LogP contribution in [0.25, 0.3) is 10.6 Å². The summed E-state index contributed by atoms with van der Waals surface area (Å²) < 4.78 is 0. The monoisotopic (exact) mass is 296 g/mol. The fraction of sp³-hybridized carbons (Fsp3) is 0.188. The fourth-order valence-corrected chi connectivity index (χ4v) is 2.86. The van der Waals surface area contributed by atoms with E-state index in [9.17, 15) is 0 Å². The van der Waals surface area contributed by atoms with E-state index in [0.717, 1.165) is 34.4 Å². The summed E-state index contributed by atoms with van der Waals surface area (Å²) in [5, 5.41) is 4.45. The van der Waals surface area contributed by atoms with Crippen LogP contribution in [-0.2, 0) is 13.1 Å². The first-order chi connectivity index (χ1) is 10.3. The highest BCUT2D eigenvalue weighted by molar-refractivity contribution is 7.15. The van der Waals surface area contributed by atoms with Crippen molar-refractivity contribution >= 4 is 11.3 Å². The van der Waals surface area contributed by atoms with Crippen LogP contribution >= 0.6 is 11.3 Å². The molecule has 0 aliphatic carbocycles. The number of rotatable bonds is 5. The van der Waals surface area contributed by atoms with E-state index in [1.165, 1.54) is 5.56 Å². The molecule has 0 fully saturated rings. The Labute approximate surface area is 127 Å². The summed E-state index contributed by atoms with van der Waals surface area (Å²) >= 11 is 1.68. The maximum absolute atomic E-state index is 4.53. The molecule has 4 nitrogen and oxygen atoms in total. The Morgan fingerprint density at radius 1 is 1.10 bits per heavy atom. The minimum absolute atomic E-state index is 0.755. The van der Waals surface area contributed by atoms with E-state index in [0.29, 0.717) is 0 Å². The molecule has 0 amide bonds. The Balaban J connectivity index is 1.60. The second-order valence-electron chi connectivity index (χ2n) is 4.75. The fourth-order valence-electron chi connectivity index (χ4n) is 2.01. The summed E-state index contributed by atoms with van der Waals surface area (Å²) in [6.45, 7) is 3.55. The lowest BCUT2D eigenvalue weighted by Crippen LogP contribution is -2.12. The summed E-state index contributed by atoms with van der Waals surface area (Å²) in [7, 11) is 0. The van der Waals surface area contributed by atoms with Crippen molar-refractivity contribution in [1.29, 1.82) is 0 Å². The number of nitrogens with one attached hydrogen (secondary N) is 1. The standard InChI is InChI=1S/C16H16N4S/c1-12-4-2-6-14(20-12)15-10-19-16(21-15)11-18-9-13-5-3-7-17-8-13/h2-8,10,18H,9,11H2,1H3. The zero-order valence-electron chi connectivity index (χ0n) is 11.8. The van der Waals surface area contributed by atoms with E-state index in [2.05, 4.69) is 26.3 Å². The smallest absolute Gasteiger partial charge is 0.107 e. The molecule has 0 bridgehead atoms. The largest absolute Gasteiger partial charge is 0.306 e. The number of hydrogen-bond acceptors (Lipinski definition) is 5. The lowest BCUT2D eigenvalue weighted by Gasteiger charge is -2.01. The first kappa shape index (κ1) is 13.9. The van der Waals surface area contributed by atoms with Crippen molar-refractivity contribution in [3.8, 4) is 10.6 Å². The Morgan fingerprint density at radius 2 is 2.05 bits per heavy atom. The van der Waals surface area contributed by atoms with Gasteiger partial charge in [0.2, 0.25) is 0 Å². The molecule has 21 heavy (non-hydrogen) atoms. The third kappa shape index (κ3) is 3.71. The van der Waals surface area contributed by atoms with Gasteiger partial charge in [-0.15, -0.1) is 11.3 Å². The van der Waals surface area contributed by atoms with E-state index in [1.54, 1.807) is 17.5 Å². The second kappa shape index (κ2) is 6.56. The molecule has 3 heterocycles. The summed E-state index contributed by atoms with van der Waals surface area (Å²) in [5.41, 5.74) is 3.19. The Hall–Kier alpha value is -2.11. The number of aryl methyl sites for hydroxylation is 1. The third-order valence-corrected chi connectivity index (χ3v) is 4.04. The Morgan fingerprint density at radius 3 is 2.86 bits per heavy atom. The molecule has 0 unspecified atom stereocenters. The third-order valence-electron chi connectivity index (χ3n) is 3.02. The zero-order chi connectivity index (χ0) is 14.5. The number of aromatic nitrogens is 3. The summed E-state index contributed by atoms with van der Waals surface area (Å²) in [6.07, 6.45) is 5.55. The minimum Gasteiger partial charge on any atom is -0.306 e. The van der Waals surface area contributed by atoms with Gasteiger partial charge in [-0.05, 0) is 30.7 Å². The van der Waals surface area contributed by atoms with Gasteiger partial charge in [0, 0.05) is 37.4 Å². The number of nitrogens with zero attached hydrogens (tertiary/aromatic N) is 3. The van der Waals surface area contributed by atoms with Gasteiger partial charge in [-0.25, -0.2) is 4.98 Å². The number of pyridine rings is 2. The summed E-state index contributed by atoms with van der Waals surface area (Å²) in [4.78, 5) is 14.2. The predicted molar refractivity (Wildman–Crippen MR) is 84.9 cm³/mol. The van der Waals surface area contributed by atoms with E-state index >= 15 is 0 Å². The van der Waals surface area contributed by atoms with Crippen LogP contribution in [0, 0.1) is 6.92 Å². The average Bonchev–Trinajstić information content (AvgIpc) is 2.97. The van der Waals surface area contributed by atoms with Crippen LogP contribution in [0.4, 0.5) is 0 Å². The molecule has 3 rings (SSSR count). The van der Waals surface area contributed by atoms with Crippen molar-refractivity contribution < 1.29 is 0 Å². The predicted octanol–water partition coefficient (Wildman–Crippen LogP) is 3.20. The Kier molecular flexibility index (Phi) is 4.33. The van der Waals surface area contributed by atoms with Crippen molar-refractivity contribution in [2.24, 2.45) is 0 Å². The lowest BCUT2D eigenvalue weighted by atomic mass is 10.3. The number of thiazole rings is 1. The molecule has 0 radical (unpaired) electrons. The average molecular weight is 296 g/mol. The highest BCUT2D eigenvalue weighted by Crippen LogP contribution is 2.24. The van der Waals surface area contributed by atoms with Gasteiger partial charge in [0.25, 0.3) is 0 Å². The molecule has 3 aromatic heterocycles. The normalized spacial score (nSPS) is 10.7. The first-order valence-electron chi connectivity index (χ1n) is 6.79. The van der Waals surface area contributed by atoms with Crippen LogP contribution in [0.5, 0.6) is 0 Å². The van der Waals surface area contributed by atoms with Gasteiger partial charge in [0.1, 0.15) is 5.01 Å². The molecule has 0 aliphatic heterocycles. The lowest BCUT2D eigenvalue weighted by molar-refractivity contribution is 0.688. The quantitative estimate of drug-likeness (QED) is 0.785. The van der Waals surface area contributed by atoms with Gasteiger partial charge in [-0.2, -0.15) is 0 Å². The molecule has 0 aliphatic rings. The first-order valence-corrected chi connectivity index (χ1v) is 7.61. The van der Waals surface area contributed by atoms with Crippen molar-refractivity contribution in [3.05, 3.63) is 65.2 Å². The van der Waals surface area contributed by atoms with E-state index < -0.39 is 0 Å². The molecular formula is C16H16N4S. The molecule has 0 saturated heterocycles. The van der Waals surface area contributed by atoms with E-state index in [-0.39, 0.29) is 0 Å². The highest BCUT2D eigenvalue weighted by atomic mass is 32.1. The van der Waals surface area contributed by atoms with Crippen LogP contribution in [0.15, 0.2) is 48.9 Å². The molecule has 0 spiro atoms. The summed E-state index contributed by atoms with van der Waals surface area (Å²) in [5.74, 6) is 0. The van der Waals surface area contributed by atoms with Gasteiger partial charge in [0.05, 0.1) is 10.6 Å². The molecular weight excluding hydrogens is 280 g/mol. The Bertz CT molecular complexity index is 709. The van der Waals surface area contributed by atoms with Crippen LogP contribution in [-0.4, -0.2) is 15.0 Å². The molecule has 106 valence electrons. The van der Waals surface area contributed by atoms with Crippen LogP contribution in [0.2, 0.25) is 0 Å². The maximum Gasteiger partial charge on any atom is 0.107 e. The van der Waals surface area contributed by atoms with Crippen molar-refractivity contribution in [2.45, 2.75) is 20.0 Å². The number of hydrogen-bond donors (Lipinski definition) is 1. The van der Waals surface area contributed by atoms with Crippen LogP contribution < -0.4 is 5.32 Å². The van der Waals surface area contributed by atoms with E-state index in [4.69, 9.17) is 0 Å². The van der Waals surface area contributed by atoms with Crippen LogP contribution in [0.1, 0.15) is 16.3 Å². The maximum atomic E-state index is 4.53. The van der Waals surface area contributed by atoms with Gasteiger partial charge >= 0.3 is 0 Å². The van der Waals surface area contributed by atoms with Crippen molar-refractivity contribution in [2.75, 3.05) is 0 Å². The molecule has 1 N–H and O–H groups in total. The molecule has 5 heteroatoms. The minimum atomic E-state index is 0.755. The van der Waals surface area contributed by atoms with Crippen molar-refractivity contribution in [1.82, 2.24) is 20.3 Å². The van der Waals surface area contributed by atoms with Gasteiger partial charge in [-0.1, -0.05) is 12.1 Å². The summed E-state index contributed by atoms with van der Waals surface area (Å²) in [6, 6.07) is 10.1. The SMILES string of the molecule is Cc1cccc(-c2cnc(CNCc3cccnc3)s2)n1. The molecule has 3 aromatic rings. The highest BCUT2D eigenvalue weighted by Gasteiger charge is 2.05. The molecule has 0 atom stereocenters. The van der Waals surface area contributed by atoms with E-state index in [1.807, 2.05) is 43.6 Å². The van der Waals surface area contributed by atoms with Gasteiger partial charge < -0.3 is 5.32 Å². The molecule has 0 aromatic carbocycles. The zero-order valence-corrected chi connectivity index (χ0v) is 12.6. The van der Waals surface area contributed by atoms with Gasteiger partial charge in [-0.3, -0.25) is 9.97 Å². The topological polar surface area (TPSA) is 50.7 Å². The molecule has 0 saturated carbocycles. The van der Waals surface area contributed by atoms with Gasteiger partial charge in [0.15, 0.2) is 0 Å². The second-order valence-corrected chi connectivity index (χ2v) is 5.86.